The number of anilines is 2. The minimum absolute atomic E-state index is 0.0687. The molecule has 1 unspecified atom stereocenters. The molecule has 1 saturated heterocycles. The van der Waals surface area contributed by atoms with E-state index in [2.05, 4.69) is 30.7 Å². The van der Waals surface area contributed by atoms with Gasteiger partial charge in [-0.1, -0.05) is 6.07 Å². The Morgan fingerprint density at radius 3 is 2.51 bits per heavy atom. The molecule has 1 atom stereocenters. The SMILES string of the molecule is O=C(Nc1n[nH]c2ccc(C(=O)NC(c3cccnc3)C3CC3)cc12)c1ccc(N2CCOCC2)cc1. The molecule has 0 spiro atoms. The van der Waals surface area contributed by atoms with Crippen molar-refractivity contribution in [3.05, 3.63) is 83.7 Å². The van der Waals surface area contributed by atoms with Crippen molar-refractivity contribution in [1.82, 2.24) is 20.5 Å². The molecule has 4 aromatic rings. The highest BCUT2D eigenvalue weighted by Gasteiger charge is 2.33. The highest BCUT2D eigenvalue weighted by Crippen LogP contribution is 2.41. The average molecular weight is 497 g/mol. The summed E-state index contributed by atoms with van der Waals surface area (Å²) >= 11 is 0. The maximum atomic E-state index is 13.2. The molecule has 37 heavy (non-hydrogen) atoms. The van der Waals surface area contributed by atoms with E-state index >= 15 is 0 Å². The van der Waals surface area contributed by atoms with Crippen LogP contribution in [0.1, 0.15) is 45.2 Å². The van der Waals surface area contributed by atoms with Crippen molar-refractivity contribution >= 4 is 34.2 Å². The Kier molecular flexibility index (Phi) is 6.28. The number of pyridine rings is 1. The van der Waals surface area contributed by atoms with Gasteiger partial charge in [0, 0.05) is 47.7 Å². The van der Waals surface area contributed by atoms with Crippen LogP contribution >= 0.6 is 0 Å². The van der Waals surface area contributed by atoms with Gasteiger partial charge in [-0.2, -0.15) is 5.10 Å². The summed E-state index contributed by atoms with van der Waals surface area (Å²) in [5.41, 5.74) is 3.85. The predicted molar refractivity (Wildman–Crippen MR) is 141 cm³/mol. The molecule has 2 fully saturated rings. The van der Waals surface area contributed by atoms with E-state index < -0.39 is 0 Å². The molecule has 6 rings (SSSR count). The summed E-state index contributed by atoms with van der Waals surface area (Å²) in [6.45, 7) is 3.09. The highest BCUT2D eigenvalue weighted by molar-refractivity contribution is 6.09. The van der Waals surface area contributed by atoms with E-state index in [1.807, 2.05) is 42.6 Å². The second-order valence-corrected chi connectivity index (χ2v) is 9.51. The smallest absolute Gasteiger partial charge is 0.256 e. The van der Waals surface area contributed by atoms with Crippen molar-refractivity contribution in [1.29, 1.82) is 0 Å². The van der Waals surface area contributed by atoms with E-state index in [0.717, 1.165) is 42.7 Å². The zero-order valence-electron chi connectivity index (χ0n) is 20.3. The fourth-order valence-electron chi connectivity index (χ4n) is 4.76. The lowest BCUT2D eigenvalue weighted by molar-refractivity contribution is 0.0931. The van der Waals surface area contributed by atoms with Crippen LogP contribution in [0.4, 0.5) is 11.5 Å². The van der Waals surface area contributed by atoms with Gasteiger partial charge in [-0.25, -0.2) is 0 Å². The van der Waals surface area contributed by atoms with Gasteiger partial charge in [0.2, 0.25) is 0 Å². The van der Waals surface area contributed by atoms with Gasteiger partial charge in [-0.3, -0.25) is 19.7 Å². The van der Waals surface area contributed by atoms with Gasteiger partial charge in [0.25, 0.3) is 11.8 Å². The number of aromatic amines is 1. The number of hydrogen-bond donors (Lipinski definition) is 3. The number of hydrogen-bond acceptors (Lipinski definition) is 6. The molecule has 2 aliphatic rings. The number of aromatic nitrogens is 3. The van der Waals surface area contributed by atoms with Crippen molar-refractivity contribution < 1.29 is 14.3 Å². The van der Waals surface area contributed by atoms with E-state index in [1.54, 1.807) is 24.4 Å². The lowest BCUT2D eigenvalue weighted by Gasteiger charge is -2.28. The van der Waals surface area contributed by atoms with Crippen LogP contribution in [0.25, 0.3) is 10.9 Å². The van der Waals surface area contributed by atoms with Gasteiger partial charge in [0.1, 0.15) is 0 Å². The molecule has 2 aromatic heterocycles. The summed E-state index contributed by atoms with van der Waals surface area (Å²) in [7, 11) is 0. The third-order valence-electron chi connectivity index (χ3n) is 6.99. The number of H-pyrrole nitrogens is 1. The van der Waals surface area contributed by atoms with E-state index in [-0.39, 0.29) is 17.9 Å². The molecular formula is C28H28N6O3. The van der Waals surface area contributed by atoms with Crippen LogP contribution < -0.4 is 15.5 Å². The van der Waals surface area contributed by atoms with Gasteiger partial charge in [0.05, 0.1) is 24.8 Å². The number of morpholine rings is 1. The Morgan fingerprint density at radius 1 is 1.00 bits per heavy atom. The summed E-state index contributed by atoms with van der Waals surface area (Å²) in [6.07, 6.45) is 5.72. The maximum absolute atomic E-state index is 13.2. The first kappa shape index (κ1) is 23.2. The standard InChI is InChI=1S/C28H28N6O3/c35-27(19-5-8-22(9-6-19)34-12-14-37-15-13-34)31-26-23-16-20(7-10-24(23)32-33-26)28(36)30-25(18-3-4-18)21-2-1-11-29-17-21/h1-2,5-11,16-18,25H,3-4,12-15H2,(H,30,36)(H2,31,32,33,35). The molecule has 2 amide bonds. The van der Waals surface area contributed by atoms with Gasteiger partial charge < -0.3 is 20.3 Å². The van der Waals surface area contributed by atoms with Gasteiger partial charge in [-0.15, -0.1) is 0 Å². The number of carbonyl (C=O) groups excluding carboxylic acids is 2. The molecular weight excluding hydrogens is 468 g/mol. The number of nitrogens with one attached hydrogen (secondary N) is 3. The van der Waals surface area contributed by atoms with E-state index in [1.165, 1.54) is 0 Å². The molecule has 1 aliphatic heterocycles. The first-order valence-electron chi connectivity index (χ1n) is 12.6. The first-order valence-corrected chi connectivity index (χ1v) is 12.6. The zero-order valence-corrected chi connectivity index (χ0v) is 20.3. The fraction of sp³-hybridized carbons (Fsp3) is 0.286. The van der Waals surface area contributed by atoms with Crippen LogP contribution in [0.5, 0.6) is 0 Å². The van der Waals surface area contributed by atoms with Gasteiger partial charge in [-0.05, 0) is 72.9 Å². The number of rotatable bonds is 7. The zero-order chi connectivity index (χ0) is 25.2. The summed E-state index contributed by atoms with van der Waals surface area (Å²) in [5, 5.41) is 14.0. The van der Waals surface area contributed by atoms with Crippen molar-refractivity contribution in [2.45, 2.75) is 18.9 Å². The molecule has 2 aromatic carbocycles. The third-order valence-corrected chi connectivity index (χ3v) is 6.99. The van der Waals surface area contributed by atoms with Crippen molar-refractivity contribution in [3.63, 3.8) is 0 Å². The monoisotopic (exact) mass is 496 g/mol. The Morgan fingerprint density at radius 2 is 1.78 bits per heavy atom. The van der Waals surface area contributed by atoms with Crippen molar-refractivity contribution in [3.8, 4) is 0 Å². The van der Waals surface area contributed by atoms with Crippen LogP contribution in [0.3, 0.4) is 0 Å². The van der Waals surface area contributed by atoms with Crippen LogP contribution in [0, 0.1) is 5.92 Å². The number of benzene rings is 2. The third kappa shape index (κ3) is 5.03. The summed E-state index contributed by atoms with van der Waals surface area (Å²) in [6, 6.07) is 16.7. The Balaban J connectivity index is 1.17. The van der Waals surface area contributed by atoms with Crippen LogP contribution in [-0.2, 0) is 4.74 Å². The summed E-state index contributed by atoms with van der Waals surface area (Å²) < 4.78 is 5.41. The Labute approximate surface area is 214 Å². The minimum Gasteiger partial charge on any atom is -0.378 e. The maximum Gasteiger partial charge on any atom is 0.256 e. The number of amides is 2. The number of fused-ring (bicyclic) bond motifs is 1. The number of carbonyl (C=O) groups is 2. The van der Waals surface area contributed by atoms with Crippen LogP contribution in [0.15, 0.2) is 67.0 Å². The predicted octanol–water partition coefficient (Wildman–Crippen LogP) is 3.93. The fourth-order valence-corrected chi connectivity index (χ4v) is 4.76. The molecule has 3 heterocycles. The van der Waals surface area contributed by atoms with Crippen molar-refractivity contribution in [2.75, 3.05) is 36.5 Å². The molecule has 0 radical (unpaired) electrons. The summed E-state index contributed by atoms with van der Waals surface area (Å²) in [4.78, 5) is 32.6. The second-order valence-electron chi connectivity index (χ2n) is 9.51. The van der Waals surface area contributed by atoms with Crippen LogP contribution in [0.2, 0.25) is 0 Å². The van der Waals surface area contributed by atoms with E-state index in [9.17, 15) is 9.59 Å². The first-order chi connectivity index (χ1) is 18.2. The van der Waals surface area contributed by atoms with E-state index in [4.69, 9.17) is 4.74 Å². The minimum atomic E-state index is -0.262. The van der Waals surface area contributed by atoms with Crippen LogP contribution in [-0.4, -0.2) is 53.3 Å². The molecule has 9 nitrogen and oxygen atoms in total. The number of nitrogens with zero attached hydrogens (tertiary/aromatic N) is 3. The lowest BCUT2D eigenvalue weighted by atomic mass is 10.0. The Bertz CT molecular complexity index is 1410. The van der Waals surface area contributed by atoms with E-state index in [0.29, 0.717) is 41.5 Å². The molecule has 1 saturated carbocycles. The summed E-state index contributed by atoms with van der Waals surface area (Å²) in [5.74, 6) is 0.384. The quantitative estimate of drug-likeness (QED) is 0.357. The normalized spacial score (nSPS) is 16.4. The molecule has 9 heteroatoms. The number of ether oxygens (including phenoxy) is 1. The van der Waals surface area contributed by atoms with Gasteiger partial charge >= 0.3 is 0 Å². The topological polar surface area (TPSA) is 112 Å². The van der Waals surface area contributed by atoms with Gasteiger partial charge in [0.15, 0.2) is 5.82 Å². The molecule has 3 N–H and O–H groups in total. The Hall–Kier alpha value is -4.24. The molecule has 188 valence electrons. The highest BCUT2D eigenvalue weighted by atomic mass is 16.5. The van der Waals surface area contributed by atoms with Crippen molar-refractivity contribution in [2.24, 2.45) is 5.92 Å². The lowest BCUT2D eigenvalue weighted by Crippen LogP contribution is -2.36. The largest absolute Gasteiger partial charge is 0.378 e. The second kappa shape index (κ2) is 10.0. The molecule has 1 aliphatic carbocycles. The molecule has 0 bridgehead atoms. The average Bonchev–Trinajstić information content (AvgIpc) is 3.73.